The average Bonchev–Trinajstić information content (AvgIpc) is 2.64. The number of carbonyl (C=O) groups is 1. The summed E-state index contributed by atoms with van der Waals surface area (Å²) in [5.74, 6) is -0.101. The van der Waals surface area contributed by atoms with Gasteiger partial charge < -0.3 is 9.80 Å². The van der Waals surface area contributed by atoms with Crippen molar-refractivity contribution in [2.24, 2.45) is 0 Å². The standard InChI is InChI=1S/C19H26N4O2/c1-4-11-23-18(24)16-8-6-5-7-15(16)17(20-23)19(25)22(3)14-9-12-21(2)13-10-14/h5-8,14H,4,9-13H2,1-3H3. The number of benzene rings is 1. The highest BCUT2D eigenvalue weighted by atomic mass is 16.2. The van der Waals surface area contributed by atoms with E-state index in [2.05, 4.69) is 17.0 Å². The second kappa shape index (κ2) is 7.35. The van der Waals surface area contributed by atoms with Crippen molar-refractivity contribution in [1.82, 2.24) is 19.6 Å². The molecule has 1 saturated heterocycles. The van der Waals surface area contributed by atoms with Gasteiger partial charge in [0.1, 0.15) is 0 Å². The summed E-state index contributed by atoms with van der Waals surface area (Å²) in [6.45, 7) is 4.49. The monoisotopic (exact) mass is 342 g/mol. The smallest absolute Gasteiger partial charge is 0.274 e. The largest absolute Gasteiger partial charge is 0.337 e. The van der Waals surface area contributed by atoms with E-state index in [4.69, 9.17) is 0 Å². The molecule has 2 aromatic rings. The van der Waals surface area contributed by atoms with Crippen LogP contribution in [0.4, 0.5) is 0 Å². The molecule has 0 unspecified atom stereocenters. The van der Waals surface area contributed by atoms with E-state index in [-0.39, 0.29) is 17.5 Å². The van der Waals surface area contributed by atoms with Crippen molar-refractivity contribution in [3.8, 4) is 0 Å². The van der Waals surface area contributed by atoms with Crippen LogP contribution in [0.15, 0.2) is 29.1 Å². The maximum Gasteiger partial charge on any atom is 0.274 e. The predicted molar refractivity (Wildman–Crippen MR) is 98.9 cm³/mol. The minimum Gasteiger partial charge on any atom is -0.337 e. The van der Waals surface area contributed by atoms with Gasteiger partial charge in [0.2, 0.25) is 0 Å². The molecule has 0 aliphatic carbocycles. The van der Waals surface area contributed by atoms with Crippen LogP contribution in [0.5, 0.6) is 0 Å². The molecule has 6 heteroatoms. The fraction of sp³-hybridized carbons (Fsp3) is 0.526. The Hall–Kier alpha value is -2.21. The predicted octanol–water partition coefficient (Wildman–Crippen LogP) is 1.97. The number of hydrogen-bond donors (Lipinski definition) is 0. The summed E-state index contributed by atoms with van der Waals surface area (Å²) in [4.78, 5) is 29.8. The van der Waals surface area contributed by atoms with Crippen molar-refractivity contribution in [2.75, 3.05) is 27.2 Å². The molecule has 1 aromatic carbocycles. The molecule has 6 nitrogen and oxygen atoms in total. The van der Waals surface area contributed by atoms with Gasteiger partial charge in [-0.2, -0.15) is 5.10 Å². The maximum atomic E-state index is 13.1. The third kappa shape index (κ3) is 3.44. The number of nitrogens with zero attached hydrogens (tertiary/aromatic N) is 4. The van der Waals surface area contributed by atoms with Crippen LogP contribution in [0.1, 0.15) is 36.7 Å². The molecule has 3 rings (SSSR count). The third-order valence-electron chi connectivity index (χ3n) is 5.06. The van der Waals surface area contributed by atoms with Crippen LogP contribution < -0.4 is 5.56 Å². The molecule has 0 saturated carbocycles. The van der Waals surface area contributed by atoms with Crippen LogP contribution in [0.3, 0.4) is 0 Å². The molecule has 0 radical (unpaired) electrons. The lowest BCUT2D eigenvalue weighted by Gasteiger charge is -2.35. The first kappa shape index (κ1) is 17.6. The Morgan fingerprint density at radius 3 is 2.52 bits per heavy atom. The SMILES string of the molecule is CCCn1nc(C(=O)N(C)C2CCN(C)CC2)c2ccccc2c1=O. The Balaban J connectivity index is 2.00. The molecule has 25 heavy (non-hydrogen) atoms. The lowest BCUT2D eigenvalue weighted by molar-refractivity contribution is 0.0653. The number of amides is 1. The summed E-state index contributed by atoms with van der Waals surface area (Å²) < 4.78 is 1.43. The molecule has 0 bridgehead atoms. The van der Waals surface area contributed by atoms with E-state index in [1.54, 1.807) is 6.07 Å². The number of likely N-dealkylation sites (tertiary alicyclic amines) is 1. The first-order valence-electron chi connectivity index (χ1n) is 8.98. The lowest BCUT2D eigenvalue weighted by Crippen LogP contribution is -2.45. The highest BCUT2D eigenvalue weighted by Crippen LogP contribution is 2.19. The molecule has 0 N–H and O–H groups in total. The number of hydrogen-bond acceptors (Lipinski definition) is 4. The summed E-state index contributed by atoms with van der Waals surface area (Å²) in [7, 11) is 3.96. The van der Waals surface area contributed by atoms with Gasteiger partial charge in [-0.25, -0.2) is 4.68 Å². The Morgan fingerprint density at radius 1 is 1.24 bits per heavy atom. The molecule has 1 amide bonds. The zero-order valence-corrected chi connectivity index (χ0v) is 15.2. The van der Waals surface area contributed by atoms with Crippen LogP contribution in [0.2, 0.25) is 0 Å². The zero-order chi connectivity index (χ0) is 18.0. The van der Waals surface area contributed by atoms with Crippen LogP contribution >= 0.6 is 0 Å². The quantitative estimate of drug-likeness (QED) is 0.852. The third-order valence-corrected chi connectivity index (χ3v) is 5.06. The van der Waals surface area contributed by atoms with E-state index in [1.165, 1.54) is 4.68 Å². The van der Waals surface area contributed by atoms with Gasteiger partial charge in [-0.15, -0.1) is 0 Å². The number of aryl methyl sites for hydroxylation is 1. The number of aromatic nitrogens is 2. The lowest BCUT2D eigenvalue weighted by atomic mass is 10.0. The van der Waals surface area contributed by atoms with Crippen molar-refractivity contribution >= 4 is 16.7 Å². The molecule has 1 fully saturated rings. The van der Waals surface area contributed by atoms with Crippen molar-refractivity contribution < 1.29 is 4.79 Å². The Morgan fingerprint density at radius 2 is 1.88 bits per heavy atom. The molecular formula is C19H26N4O2. The molecule has 0 atom stereocenters. The van der Waals surface area contributed by atoms with Gasteiger partial charge in [-0.05, 0) is 45.5 Å². The fourth-order valence-corrected chi connectivity index (χ4v) is 3.47. The molecule has 134 valence electrons. The van der Waals surface area contributed by atoms with Crippen molar-refractivity contribution in [1.29, 1.82) is 0 Å². The second-order valence-electron chi connectivity index (χ2n) is 6.87. The van der Waals surface area contributed by atoms with E-state index >= 15 is 0 Å². The van der Waals surface area contributed by atoms with E-state index < -0.39 is 0 Å². The molecule has 0 spiro atoms. The van der Waals surface area contributed by atoms with Crippen LogP contribution in [-0.4, -0.2) is 58.7 Å². The van der Waals surface area contributed by atoms with Gasteiger partial charge in [0.15, 0.2) is 5.69 Å². The second-order valence-corrected chi connectivity index (χ2v) is 6.87. The Bertz CT molecular complexity index is 822. The number of rotatable bonds is 4. The average molecular weight is 342 g/mol. The highest BCUT2D eigenvalue weighted by molar-refractivity contribution is 6.04. The van der Waals surface area contributed by atoms with Gasteiger partial charge in [0, 0.05) is 25.0 Å². The summed E-state index contributed by atoms with van der Waals surface area (Å²) in [6, 6.07) is 7.48. The van der Waals surface area contributed by atoms with E-state index in [9.17, 15) is 9.59 Å². The Kier molecular flexibility index (Phi) is 5.18. The van der Waals surface area contributed by atoms with Gasteiger partial charge in [-0.3, -0.25) is 9.59 Å². The van der Waals surface area contributed by atoms with E-state index in [0.29, 0.717) is 23.0 Å². The van der Waals surface area contributed by atoms with Gasteiger partial charge in [0.25, 0.3) is 11.5 Å². The summed E-state index contributed by atoms with van der Waals surface area (Å²) in [6.07, 6.45) is 2.72. The first-order valence-corrected chi connectivity index (χ1v) is 8.98. The van der Waals surface area contributed by atoms with E-state index in [0.717, 1.165) is 32.4 Å². The topological polar surface area (TPSA) is 58.4 Å². The van der Waals surface area contributed by atoms with Gasteiger partial charge in [0.05, 0.1) is 5.39 Å². The fourth-order valence-electron chi connectivity index (χ4n) is 3.47. The van der Waals surface area contributed by atoms with Crippen LogP contribution in [0, 0.1) is 0 Å². The molecule has 1 aliphatic rings. The number of piperidine rings is 1. The number of fused-ring (bicyclic) bond motifs is 1. The first-order chi connectivity index (χ1) is 12.0. The van der Waals surface area contributed by atoms with E-state index in [1.807, 2.05) is 37.1 Å². The molecular weight excluding hydrogens is 316 g/mol. The zero-order valence-electron chi connectivity index (χ0n) is 15.2. The summed E-state index contributed by atoms with van der Waals surface area (Å²) in [5.41, 5.74) is 0.251. The normalized spacial score (nSPS) is 16.3. The highest BCUT2D eigenvalue weighted by Gasteiger charge is 2.27. The van der Waals surface area contributed by atoms with Crippen molar-refractivity contribution in [2.45, 2.75) is 38.8 Å². The van der Waals surface area contributed by atoms with Crippen molar-refractivity contribution in [3.05, 3.63) is 40.3 Å². The summed E-state index contributed by atoms with van der Waals surface area (Å²) >= 11 is 0. The molecule has 1 aromatic heterocycles. The minimum atomic E-state index is -0.129. The van der Waals surface area contributed by atoms with Gasteiger partial charge >= 0.3 is 0 Å². The summed E-state index contributed by atoms with van der Waals surface area (Å²) in [5, 5.41) is 5.63. The van der Waals surface area contributed by atoms with Crippen LogP contribution in [0.25, 0.3) is 10.8 Å². The maximum absolute atomic E-state index is 13.1. The molecule has 1 aliphatic heterocycles. The van der Waals surface area contributed by atoms with Gasteiger partial charge in [-0.1, -0.05) is 25.1 Å². The molecule has 2 heterocycles. The Labute approximate surface area is 148 Å². The van der Waals surface area contributed by atoms with Crippen molar-refractivity contribution in [3.63, 3.8) is 0 Å². The number of carbonyl (C=O) groups excluding carboxylic acids is 1. The minimum absolute atomic E-state index is 0.101. The van der Waals surface area contributed by atoms with Crippen LogP contribution in [-0.2, 0) is 6.54 Å².